The average molecular weight is 479 g/mol. The smallest absolute Gasteiger partial charge is 0.407 e. The first-order chi connectivity index (χ1) is 16.9. The van der Waals surface area contributed by atoms with E-state index in [1.165, 1.54) is 22.3 Å². The van der Waals surface area contributed by atoms with Crippen LogP contribution in [0.2, 0.25) is 0 Å². The highest BCUT2D eigenvalue weighted by Crippen LogP contribution is 2.44. The lowest BCUT2D eigenvalue weighted by molar-refractivity contribution is -0.137. The molecule has 2 amide bonds. The van der Waals surface area contributed by atoms with Crippen LogP contribution in [-0.4, -0.2) is 42.3 Å². The van der Waals surface area contributed by atoms with Crippen molar-refractivity contribution in [2.45, 2.75) is 57.4 Å². The molecule has 2 aromatic rings. The molecule has 2 aromatic carbocycles. The zero-order chi connectivity index (χ0) is 24.8. The molecule has 0 heterocycles. The molecule has 0 bridgehead atoms. The molecular formula is C28H34N2O5. The molecule has 3 N–H and O–H groups in total. The normalized spacial score (nSPS) is 16.0. The molecular weight excluding hydrogens is 444 g/mol. The minimum absolute atomic E-state index is 0.0178. The van der Waals surface area contributed by atoms with Crippen LogP contribution in [0.1, 0.15) is 62.5 Å². The number of aliphatic carboxylic acids is 1. The molecule has 0 radical (unpaired) electrons. The van der Waals surface area contributed by atoms with E-state index in [0.29, 0.717) is 25.3 Å². The Bertz CT molecular complexity index is 1020. The van der Waals surface area contributed by atoms with Gasteiger partial charge in [0.15, 0.2) is 0 Å². The van der Waals surface area contributed by atoms with Gasteiger partial charge in [0.2, 0.25) is 5.91 Å². The number of carboxylic acids is 1. The van der Waals surface area contributed by atoms with Gasteiger partial charge in [-0.1, -0.05) is 55.5 Å². The van der Waals surface area contributed by atoms with Crippen LogP contribution in [0.4, 0.5) is 4.79 Å². The number of amides is 2. The Labute approximate surface area is 206 Å². The zero-order valence-electron chi connectivity index (χ0n) is 20.2. The second-order valence-electron chi connectivity index (χ2n) is 9.79. The summed E-state index contributed by atoms with van der Waals surface area (Å²) >= 11 is 0. The monoisotopic (exact) mass is 478 g/mol. The lowest BCUT2D eigenvalue weighted by Crippen LogP contribution is -2.38. The van der Waals surface area contributed by atoms with Gasteiger partial charge in [0.05, 0.1) is 6.42 Å². The van der Waals surface area contributed by atoms with Gasteiger partial charge < -0.3 is 20.5 Å². The molecule has 0 spiro atoms. The van der Waals surface area contributed by atoms with Crippen molar-refractivity contribution in [2.24, 2.45) is 11.8 Å². The maximum atomic E-state index is 12.3. The quantitative estimate of drug-likeness (QED) is 0.410. The summed E-state index contributed by atoms with van der Waals surface area (Å²) < 4.78 is 5.56. The van der Waals surface area contributed by atoms with Gasteiger partial charge in [-0.2, -0.15) is 0 Å². The first kappa shape index (κ1) is 24.8. The van der Waals surface area contributed by atoms with E-state index in [9.17, 15) is 14.4 Å². The Morgan fingerprint density at radius 1 is 1.00 bits per heavy atom. The van der Waals surface area contributed by atoms with Crippen molar-refractivity contribution in [3.05, 3.63) is 59.7 Å². The van der Waals surface area contributed by atoms with E-state index in [1.807, 2.05) is 31.2 Å². The standard InChI is InChI=1S/C28H34N2O5/c1-18(10-13-26(31)30-25(16-27(32)33)19-11-12-19)14-15-29-28(34)35-17-24-22-8-4-2-6-20(22)21-7-3-5-9-23(21)24/h2-9,18-19,24-25H,10-17H2,1H3,(H,29,34)(H,30,31)(H,32,33). The van der Waals surface area contributed by atoms with Gasteiger partial charge in [0.25, 0.3) is 0 Å². The van der Waals surface area contributed by atoms with E-state index in [4.69, 9.17) is 9.84 Å². The van der Waals surface area contributed by atoms with Crippen molar-refractivity contribution < 1.29 is 24.2 Å². The fourth-order valence-corrected chi connectivity index (χ4v) is 4.89. The zero-order valence-corrected chi connectivity index (χ0v) is 20.2. The van der Waals surface area contributed by atoms with Crippen LogP contribution in [0.5, 0.6) is 0 Å². The van der Waals surface area contributed by atoms with Crippen molar-refractivity contribution in [1.82, 2.24) is 10.6 Å². The summed E-state index contributed by atoms with van der Waals surface area (Å²) in [5, 5.41) is 14.7. The summed E-state index contributed by atoms with van der Waals surface area (Å²) in [7, 11) is 0. The number of fused-ring (bicyclic) bond motifs is 3. The van der Waals surface area contributed by atoms with E-state index in [0.717, 1.165) is 19.3 Å². The summed E-state index contributed by atoms with van der Waals surface area (Å²) in [4.78, 5) is 35.5. The molecule has 7 nitrogen and oxygen atoms in total. The molecule has 2 unspecified atom stereocenters. The minimum atomic E-state index is -0.880. The predicted molar refractivity (Wildman–Crippen MR) is 133 cm³/mol. The van der Waals surface area contributed by atoms with Crippen LogP contribution in [0.25, 0.3) is 11.1 Å². The number of carbonyl (C=O) groups is 3. The number of hydrogen-bond acceptors (Lipinski definition) is 4. The third-order valence-electron chi connectivity index (χ3n) is 7.05. The number of nitrogens with one attached hydrogen (secondary N) is 2. The molecule has 1 fully saturated rings. The van der Waals surface area contributed by atoms with Gasteiger partial charge >= 0.3 is 12.1 Å². The summed E-state index contributed by atoms with van der Waals surface area (Å²) in [5.41, 5.74) is 4.75. The van der Waals surface area contributed by atoms with Gasteiger partial charge in [-0.25, -0.2) is 4.79 Å². The van der Waals surface area contributed by atoms with E-state index in [2.05, 4.69) is 34.9 Å². The molecule has 7 heteroatoms. The maximum Gasteiger partial charge on any atom is 0.407 e. The van der Waals surface area contributed by atoms with Crippen molar-refractivity contribution in [3.8, 4) is 11.1 Å². The molecule has 35 heavy (non-hydrogen) atoms. The van der Waals surface area contributed by atoms with Crippen molar-refractivity contribution in [1.29, 1.82) is 0 Å². The highest BCUT2D eigenvalue weighted by molar-refractivity contribution is 5.79. The van der Waals surface area contributed by atoms with Crippen LogP contribution in [-0.2, 0) is 14.3 Å². The number of alkyl carbamates (subject to hydrolysis) is 1. The van der Waals surface area contributed by atoms with Crippen molar-refractivity contribution in [3.63, 3.8) is 0 Å². The van der Waals surface area contributed by atoms with Crippen LogP contribution in [0, 0.1) is 11.8 Å². The largest absolute Gasteiger partial charge is 0.481 e. The van der Waals surface area contributed by atoms with E-state index in [1.54, 1.807) is 0 Å². The second kappa shape index (κ2) is 11.4. The van der Waals surface area contributed by atoms with Gasteiger partial charge in [-0.3, -0.25) is 9.59 Å². The van der Waals surface area contributed by atoms with Crippen LogP contribution >= 0.6 is 0 Å². The molecule has 186 valence electrons. The molecule has 1 saturated carbocycles. The van der Waals surface area contributed by atoms with E-state index < -0.39 is 12.1 Å². The highest BCUT2D eigenvalue weighted by Gasteiger charge is 2.33. The number of ether oxygens (including phenoxy) is 1. The highest BCUT2D eigenvalue weighted by atomic mass is 16.5. The average Bonchev–Trinajstić information content (AvgIpc) is 3.64. The SMILES string of the molecule is CC(CCNC(=O)OCC1c2ccccc2-c2ccccc21)CCC(=O)NC(CC(=O)O)C1CC1. The Kier molecular flexibility index (Phi) is 8.06. The maximum absolute atomic E-state index is 12.3. The lowest BCUT2D eigenvalue weighted by atomic mass is 9.98. The third kappa shape index (κ3) is 6.62. The van der Waals surface area contributed by atoms with Gasteiger partial charge in [0.1, 0.15) is 6.61 Å². The van der Waals surface area contributed by atoms with Crippen LogP contribution < -0.4 is 10.6 Å². The molecule has 0 aliphatic heterocycles. The number of carboxylic acid groups (broad SMARTS) is 1. The lowest BCUT2D eigenvalue weighted by Gasteiger charge is -2.17. The molecule has 2 aliphatic rings. The summed E-state index contributed by atoms with van der Waals surface area (Å²) in [5.74, 6) is -0.400. The van der Waals surface area contributed by atoms with Gasteiger partial charge in [0, 0.05) is 24.9 Å². The first-order valence-corrected chi connectivity index (χ1v) is 12.5. The molecule has 2 aliphatic carbocycles. The van der Waals surface area contributed by atoms with Crippen molar-refractivity contribution in [2.75, 3.05) is 13.2 Å². The number of hydrogen-bond donors (Lipinski definition) is 3. The fourth-order valence-electron chi connectivity index (χ4n) is 4.89. The Morgan fingerprint density at radius 3 is 2.23 bits per heavy atom. The molecule has 2 atom stereocenters. The first-order valence-electron chi connectivity index (χ1n) is 12.5. The predicted octanol–water partition coefficient (Wildman–Crippen LogP) is 4.70. The minimum Gasteiger partial charge on any atom is -0.481 e. The summed E-state index contributed by atoms with van der Waals surface area (Å²) in [6, 6.07) is 16.2. The van der Waals surface area contributed by atoms with Gasteiger partial charge in [-0.15, -0.1) is 0 Å². The Morgan fingerprint density at radius 2 is 1.63 bits per heavy atom. The topological polar surface area (TPSA) is 105 Å². The fraction of sp³-hybridized carbons (Fsp3) is 0.464. The van der Waals surface area contributed by atoms with E-state index >= 15 is 0 Å². The number of rotatable bonds is 12. The van der Waals surface area contributed by atoms with Crippen LogP contribution in [0.3, 0.4) is 0 Å². The molecule has 0 saturated heterocycles. The van der Waals surface area contributed by atoms with E-state index in [-0.39, 0.29) is 36.8 Å². The Balaban J connectivity index is 1.15. The van der Waals surface area contributed by atoms with Gasteiger partial charge in [-0.05, 0) is 59.8 Å². The second-order valence-corrected chi connectivity index (χ2v) is 9.79. The number of benzene rings is 2. The third-order valence-corrected chi connectivity index (χ3v) is 7.05. The summed E-state index contributed by atoms with van der Waals surface area (Å²) in [6.07, 6.45) is 3.29. The molecule has 4 rings (SSSR count). The number of carbonyl (C=O) groups excluding carboxylic acids is 2. The van der Waals surface area contributed by atoms with Crippen LogP contribution in [0.15, 0.2) is 48.5 Å². The Hall–Kier alpha value is -3.35. The molecule has 0 aromatic heterocycles. The summed E-state index contributed by atoms with van der Waals surface area (Å²) in [6.45, 7) is 2.81. The van der Waals surface area contributed by atoms with Crippen molar-refractivity contribution >= 4 is 18.0 Å².